The molecule has 0 spiro atoms. The molecule has 8 heteroatoms. The van der Waals surface area contributed by atoms with Gasteiger partial charge >= 0.3 is 11.9 Å². The minimum atomic E-state index is -0.810. The van der Waals surface area contributed by atoms with Crippen LogP contribution >= 0.6 is 0 Å². The van der Waals surface area contributed by atoms with Gasteiger partial charge < -0.3 is 24.3 Å². The molecule has 1 N–H and O–H groups in total. The van der Waals surface area contributed by atoms with Crippen molar-refractivity contribution in [2.24, 2.45) is 11.8 Å². The number of ether oxygens (including phenoxy) is 4. The Kier molecular flexibility index (Phi) is 12.2. The van der Waals surface area contributed by atoms with E-state index in [-0.39, 0.29) is 42.5 Å². The average molecular weight is 512 g/mol. The van der Waals surface area contributed by atoms with Gasteiger partial charge in [-0.05, 0) is 54.7 Å². The molecule has 0 unspecified atom stereocenters. The van der Waals surface area contributed by atoms with Crippen molar-refractivity contribution in [3.8, 4) is 11.5 Å². The van der Waals surface area contributed by atoms with Crippen molar-refractivity contribution in [1.29, 1.82) is 0 Å². The van der Waals surface area contributed by atoms with Gasteiger partial charge in [0.15, 0.2) is 5.75 Å². The molecule has 1 amide bonds. The monoisotopic (exact) mass is 511 g/mol. The molecule has 0 bridgehead atoms. The maximum Gasteiger partial charge on any atom is 0.374 e. The van der Waals surface area contributed by atoms with Gasteiger partial charge in [-0.15, -0.1) is 0 Å². The standard InChI is InChI=1S/C29H37NO7/c1-6-7-16-34-23-14-12-22(13-15-23)28(32)30-24-10-8-9-11-25(24)37-26(29(33)36-19-21(4)5)17-27(31)35-18-20(2)3/h8-15,17,20-21H,6-7,16,18-19H2,1-5H3,(H,30,32)/b26-17+. The van der Waals surface area contributed by atoms with Crippen molar-refractivity contribution >= 4 is 23.5 Å². The molecule has 0 saturated heterocycles. The van der Waals surface area contributed by atoms with E-state index in [0.29, 0.717) is 23.6 Å². The Labute approximate surface area is 218 Å². The summed E-state index contributed by atoms with van der Waals surface area (Å²) in [7, 11) is 0. The summed E-state index contributed by atoms with van der Waals surface area (Å²) in [6, 6.07) is 13.4. The highest BCUT2D eigenvalue weighted by atomic mass is 16.6. The summed E-state index contributed by atoms with van der Waals surface area (Å²) in [4.78, 5) is 37.8. The Morgan fingerprint density at radius 1 is 0.892 bits per heavy atom. The fourth-order valence-corrected chi connectivity index (χ4v) is 2.85. The molecule has 0 aromatic heterocycles. The van der Waals surface area contributed by atoms with Crippen molar-refractivity contribution in [1.82, 2.24) is 0 Å². The molecule has 8 nitrogen and oxygen atoms in total. The molecule has 0 radical (unpaired) electrons. The Bertz CT molecular complexity index is 1060. The molecular formula is C29H37NO7. The molecule has 0 aliphatic carbocycles. The van der Waals surface area contributed by atoms with Crippen LogP contribution in [-0.4, -0.2) is 37.7 Å². The number of anilines is 1. The summed E-state index contributed by atoms with van der Waals surface area (Å²) in [6.07, 6.45) is 2.95. The van der Waals surface area contributed by atoms with Crippen molar-refractivity contribution in [2.75, 3.05) is 25.1 Å². The summed E-state index contributed by atoms with van der Waals surface area (Å²) in [5, 5.41) is 2.79. The number of nitrogens with one attached hydrogen (secondary N) is 1. The fourth-order valence-electron chi connectivity index (χ4n) is 2.85. The second kappa shape index (κ2) is 15.3. The van der Waals surface area contributed by atoms with Crippen LogP contribution in [0.25, 0.3) is 0 Å². The smallest absolute Gasteiger partial charge is 0.374 e. The molecule has 0 aliphatic rings. The van der Waals surface area contributed by atoms with E-state index in [1.54, 1.807) is 48.5 Å². The number of esters is 2. The number of carbonyl (C=O) groups excluding carboxylic acids is 3. The highest BCUT2D eigenvalue weighted by Gasteiger charge is 2.20. The summed E-state index contributed by atoms with van der Waals surface area (Å²) in [6.45, 7) is 10.6. The van der Waals surface area contributed by atoms with Gasteiger partial charge in [-0.2, -0.15) is 0 Å². The first-order valence-corrected chi connectivity index (χ1v) is 12.6. The van der Waals surface area contributed by atoms with Crippen molar-refractivity contribution < 1.29 is 33.3 Å². The van der Waals surface area contributed by atoms with Gasteiger partial charge in [-0.25, -0.2) is 9.59 Å². The van der Waals surface area contributed by atoms with E-state index in [4.69, 9.17) is 18.9 Å². The highest BCUT2D eigenvalue weighted by Crippen LogP contribution is 2.27. The number of hydrogen-bond acceptors (Lipinski definition) is 7. The van der Waals surface area contributed by atoms with E-state index in [1.807, 2.05) is 27.7 Å². The number of carbonyl (C=O) groups is 3. The number of rotatable bonds is 14. The fraction of sp³-hybridized carbons (Fsp3) is 0.414. The number of unbranched alkanes of at least 4 members (excludes halogenated alkanes) is 1. The van der Waals surface area contributed by atoms with E-state index < -0.39 is 11.9 Å². The summed E-state index contributed by atoms with van der Waals surface area (Å²) in [5.41, 5.74) is 0.732. The normalized spacial score (nSPS) is 11.3. The maximum absolute atomic E-state index is 12.9. The molecular weight excluding hydrogens is 474 g/mol. The van der Waals surface area contributed by atoms with Gasteiger partial charge in [0.05, 0.1) is 31.6 Å². The number of amides is 1. The van der Waals surface area contributed by atoms with Crippen LogP contribution in [0.2, 0.25) is 0 Å². The molecule has 37 heavy (non-hydrogen) atoms. The van der Waals surface area contributed by atoms with E-state index in [2.05, 4.69) is 12.2 Å². The first-order valence-electron chi connectivity index (χ1n) is 12.6. The van der Waals surface area contributed by atoms with Gasteiger partial charge in [-0.3, -0.25) is 4.79 Å². The first-order chi connectivity index (χ1) is 17.7. The minimum Gasteiger partial charge on any atom is -0.494 e. The highest BCUT2D eigenvalue weighted by molar-refractivity contribution is 6.05. The van der Waals surface area contributed by atoms with Crippen LogP contribution in [-0.2, 0) is 19.1 Å². The first kappa shape index (κ1) is 29.4. The minimum absolute atomic E-state index is 0.0908. The summed E-state index contributed by atoms with van der Waals surface area (Å²) in [5.74, 6) is -1.18. The van der Waals surface area contributed by atoms with Crippen LogP contribution in [0.15, 0.2) is 60.4 Å². The van der Waals surface area contributed by atoms with Gasteiger partial charge in [0, 0.05) is 5.56 Å². The summed E-state index contributed by atoms with van der Waals surface area (Å²) >= 11 is 0. The van der Waals surface area contributed by atoms with Crippen LogP contribution in [0.4, 0.5) is 5.69 Å². The Balaban J connectivity index is 2.19. The quantitative estimate of drug-likeness (QED) is 0.149. The number of benzene rings is 2. The molecule has 0 atom stereocenters. The SMILES string of the molecule is CCCCOc1ccc(C(=O)Nc2ccccc2O/C(=C/C(=O)OCC(C)C)C(=O)OCC(C)C)cc1. The zero-order valence-electron chi connectivity index (χ0n) is 22.2. The third kappa shape index (κ3) is 10.8. The van der Waals surface area contributed by atoms with Gasteiger partial charge in [0.25, 0.3) is 5.91 Å². The molecule has 0 heterocycles. The second-order valence-electron chi connectivity index (χ2n) is 9.30. The lowest BCUT2D eigenvalue weighted by Gasteiger charge is -2.15. The van der Waals surface area contributed by atoms with Crippen molar-refractivity contribution in [2.45, 2.75) is 47.5 Å². The zero-order chi connectivity index (χ0) is 27.2. The van der Waals surface area contributed by atoms with E-state index in [9.17, 15) is 14.4 Å². The molecule has 0 fully saturated rings. The largest absolute Gasteiger partial charge is 0.494 e. The van der Waals surface area contributed by atoms with Gasteiger partial charge in [-0.1, -0.05) is 53.2 Å². The molecule has 2 aromatic carbocycles. The lowest BCUT2D eigenvalue weighted by atomic mass is 10.2. The Hall–Kier alpha value is -3.81. The Morgan fingerprint density at radius 3 is 2.19 bits per heavy atom. The van der Waals surface area contributed by atoms with Crippen LogP contribution < -0.4 is 14.8 Å². The predicted octanol–water partition coefficient (Wildman–Crippen LogP) is 5.78. The summed E-state index contributed by atoms with van der Waals surface area (Å²) < 4.78 is 21.8. The third-order valence-electron chi connectivity index (χ3n) is 4.80. The molecule has 2 rings (SSSR count). The van der Waals surface area contributed by atoms with E-state index in [0.717, 1.165) is 18.9 Å². The molecule has 200 valence electrons. The number of hydrogen-bond donors (Lipinski definition) is 1. The Morgan fingerprint density at radius 2 is 1.54 bits per heavy atom. The molecule has 2 aromatic rings. The zero-order valence-corrected chi connectivity index (χ0v) is 22.2. The number of para-hydroxylation sites is 2. The van der Waals surface area contributed by atoms with Crippen molar-refractivity contribution in [3.63, 3.8) is 0 Å². The van der Waals surface area contributed by atoms with Crippen LogP contribution in [0.3, 0.4) is 0 Å². The van der Waals surface area contributed by atoms with E-state index in [1.165, 1.54) is 0 Å². The van der Waals surface area contributed by atoms with Crippen molar-refractivity contribution in [3.05, 3.63) is 65.9 Å². The van der Waals surface area contributed by atoms with Crippen LogP contribution in [0.5, 0.6) is 11.5 Å². The van der Waals surface area contributed by atoms with Gasteiger partial charge in [0.2, 0.25) is 5.76 Å². The average Bonchev–Trinajstić information content (AvgIpc) is 2.87. The third-order valence-corrected chi connectivity index (χ3v) is 4.80. The van der Waals surface area contributed by atoms with Crippen LogP contribution in [0.1, 0.15) is 57.8 Å². The van der Waals surface area contributed by atoms with Gasteiger partial charge in [0.1, 0.15) is 5.75 Å². The lowest BCUT2D eigenvalue weighted by molar-refractivity contribution is -0.144. The maximum atomic E-state index is 12.9. The molecule has 0 saturated carbocycles. The predicted molar refractivity (Wildman–Crippen MR) is 142 cm³/mol. The lowest BCUT2D eigenvalue weighted by Crippen LogP contribution is -2.19. The van der Waals surface area contributed by atoms with Crippen LogP contribution in [0, 0.1) is 11.8 Å². The topological polar surface area (TPSA) is 100 Å². The van der Waals surface area contributed by atoms with E-state index >= 15 is 0 Å². The molecule has 0 aliphatic heterocycles. The second-order valence-corrected chi connectivity index (χ2v) is 9.30.